The second-order valence-corrected chi connectivity index (χ2v) is 5.77. The van der Waals surface area contributed by atoms with E-state index in [-0.39, 0.29) is 23.7 Å². The highest BCUT2D eigenvalue weighted by molar-refractivity contribution is 5.96. The summed E-state index contributed by atoms with van der Waals surface area (Å²) < 4.78 is 29.1. The van der Waals surface area contributed by atoms with Crippen LogP contribution in [0.2, 0.25) is 0 Å². The van der Waals surface area contributed by atoms with Crippen molar-refractivity contribution in [3.63, 3.8) is 0 Å². The fraction of sp³-hybridized carbons (Fsp3) is 0.588. The summed E-state index contributed by atoms with van der Waals surface area (Å²) >= 11 is 0. The molecule has 136 valence electrons. The van der Waals surface area contributed by atoms with Crippen LogP contribution in [0.1, 0.15) is 48.9 Å². The maximum atomic E-state index is 12.3. The number of amides is 1. The summed E-state index contributed by atoms with van der Waals surface area (Å²) in [6, 6.07) is 6.54. The van der Waals surface area contributed by atoms with Crippen molar-refractivity contribution >= 4 is 18.3 Å². The molecule has 0 aliphatic heterocycles. The number of rotatable bonds is 7. The molecule has 0 spiro atoms. The van der Waals surface area contributed by atoms with E-state index < -0.39 is 12.5 Å². The normalized spacial score (nSPS) is 15.5. The standard InChI is InChI=1S/C17H24F2N2O2.ClH/c18-17(19)23-15-10-6-5-9-14(15)16(22)21-12-11-20-13-7-3-1-2-4-8-13;/h5-6,9-10,13,17,20H,1-4,7-8,11-12H2,(H,21,22);1H. The molecule has 2 N–H and O–H groups in total. The van der Waals surface area contributed by atoms with Gasteiger partial charge in [-0.05, 0) is 25.0 Å². The number of halogens is 3. The number of hydrogen-bond donors (Lipinski definition) is 2. The van der Waals surface area contributed by atoms with Gasteiger partial charge in [-0.3, -0.25) is 4.79 Å². The topological polar surface area (TPSA) is 50.4 Å². The summed E-state index contributed by atoms with van der Waals surface area (Å²) in [4.78, 5) is 12.1. The van der Waals surface area contributed by atoms with Crippen molar-refractivity contribution in [1.29, 1.82) is 0 Å². The number of benzene rings is 1. The van der Waals surface area contributed by atoms with Crippen molar-refractivity contribution in [3.05, 3.63) is 29.8 Å². The van der Waals surface area contributed by atoms with E-state index in [4.69, 9.17) is 0 Å². The van der Waals surface area contributed by atoms with Gasteiger partial charge in [0.2, 0.25) is 0 Å². The van der Waals surface area contributed by atoms with E-state index in [2.05, 4.69) is 15.4 Å². The minimum atomic E-state index is -2.94. The van der Waals surface area contributed by atoms with Crippen LogP contribution in [0.5, 0.6) is 5.75 Å². The van der Waals surface area contributed by atoms with Crippen molar-refractivity contribution in [3.8, 4) is 5.75 Å². The van der Waals surface area contributed by atoms with Crippen molar-refractivity contribution in [1.82, 2.24) is 10.6 Å². The average Bonchev–Trinajstić information content (AvgIpc) is 2.80. The quantitative estimate of drug-likeness (QED) is 0.573. The van der Waals surface area contributed by atoms with E-state index in [9.17, 15) is 13.6 Å². The first-order chi connectivity index (χ1) is 11.2. The molecule has 24 heavy (non-hydrogen) atoms. The Hall–Kier alpha value is -1.40. The highest BCUT2D eigenvalue weighted by atomic mass is 35.5. The molecule has 1 aliphatic carbocycles. The molecule has 0 aromatic heterocycles. The highest BCUT2D eigenvalue weighted by Crippen LogP contribution is 2.20. The number of nitrogens with one attached hydrogen (secondary N) is 2. The van der Waals surface area contributed by atoms with Gasteiger partial charge in [-0.15, -0.1) is 12.4 Å². The van der Waals surface area contributed by atoms with Crippen LogP contribution >= 0.6 is 12.4 Å². The second-order valence-electron chi connectivity index (χ2n) is 5.77. The van der Waals surface area contributed by atoms with E-state index in [0.29, 0.717) is 19.1 Å². The lowest BCUT2D eigenvalue weighted by atomic mass is 10.1. The molecule has 0 heterocycles. The lowest BCUT2D eigenvalue weighted by Gasteiger charge is -2.16. The highest BCUT2D eigenvalue weighted by Gasteiger charge is 2.15. The van der Waals surface area contributed by atoms with Gasteiger partial charge in [-0.25, -0.2) is 0 Å². The molecule has 0 atom stereocenters. The first kappa shape index (κ1) is 20.6. The molecule has 0 unspecified atom stereocenters. The Morgan fingerprint density at radius 1 is 1.12 bits per heavy atom. The van der Waals surface area contributed by atoms with Gasteiger partial charge in [0.05, 0.1) is 5.56 Å². The van der Waals surface area contributed by atoms with E-state index >= 15 is 0 Å². The minimum Gasteiger partial charge on any atom is -0.434 e. The number of hydrogen-bond acceptors (Lipinski definition) is 3. The summed E-state index contributed by atoms with van der Waals surface area (Å²) in [5, 5.41) is 6.19. The summed E-state index contributed by atoms with van der Waals surface area (Å²) in [5.41, 5.74) is 0.127. The van der Waals surface area contributed by atoms with Crippen LogP contribution in [0, 0.1) is 0 Å². The zero-order chi connectivity index (χ0) is 16.5. The molecule has 1 aromatic rings. The number of carbonyl (C=O) groups is 1. The van der Waals surface area contributed by atoms with E-state index in [1.54, 1.807) is 12.1 Å². The van der Waals surface area contributed by atoms with Gasteiger partial charge in [0.15, 0.2) is 0 Å². The Bertz CT molecular complexity index is 495. The summed E-state index contributed by atoms with van der Waals surface area (Å²) in [6.45, 7) is -1.81. The predicted molar refractivity (Wildman–Crippen MR) is 92.1 cm³/mol. The summed E-state index contributed by atoms with van der Waals surface area (Å²) in [7, 11) is 0. The number of para-hydroxylation sites is 1. The molecule has 0 saturated heterocycles. The SMILES string of the molecule is Cl.O=C(NCCNC1CCCCCC1)c1ccccc1OC(F)F. The van der Waals surface area contributed by atoms with Gasteiger partial charge in [-0.2, -0.15) is 8.78 Å². The third-order valence-electron chi connectivity index (χ3n) is 4.05. The first-order valence-corrected chi connectivity index (χ1v) is 8.22. The van der Waals surface area contributed by atoms with Crippen molar-refractivity contribution in [2.45, 2.75) is 51.2 Å². The van der Waals surface area contributed by atoms with Crippen molar-refractivity contribution in [2.75, 3.05) is 13.1 Å². The molecule has 1 saturated carbocycles. The van der Waals surface area contributed by atoms with Gasteiger partial charge < -0.3 is 15.4 Å². The lowest BCUT2D eigenvalue weighted by Crippen LogP contribution is -2.37. The van der Waals surface area contributed by atoms with Gasteiger partial charge >= 0.3 is 6.61 Å². The van der Waals surface area contributed by atoms with Gasteiger partial charge in [-0.1, -0.05) is 37.8 Å². The second kappa shape index (κ2) is 11.2. The van der Waals surface area contributed by atoms with Crippen LogP contribution in [0.3, 0.4) is 0 Å². The Balaban J connectivity index is 0.00000288. The van der Waals surface area contributed by atoms with Gasteiger partial charge in [0.1, 0.15) is 5.75 Å². The maximum absolute atomic E-state index is 12.3. The fourth-order valence-corrected chi connectivity index (χ4v) is 2.88. The molecule has 0 radical (unpaired) electrons. The van der Waals surface area contributed by atoms with Crippen LogP contribution < -0.4 is 15.4 Å². The summed E-state index contributed by atoms with van der Waals surface area (Å²) in [5.74, 6) is -0.499. The van der Waals surface area contributed by atoms with E-state index in [1.807, 2.05) is 0 Å². The Kier molecular flexibility index (Phi) is 9.64. The molecular weight excluding hydrogens is 338 g/mol. The molecule has 1 fully saturated rings. The Labute approximate surface area is 147 Å². The van der Waals surface area contributed by atoms with Crippen LogP contribution in [0.15, 0.2) is 24.3 Å². The monoisotopic (exact) mass is 362 g/mol. The van der Waals surface area contributed by atoms with E-state index in [1.165, 1.54) is 50.7 Å². The zero-order valence-electron chi connectivity index (χ0n) is 13.6. The fourth-order valence-electron chi connectivity index (χ4n) is 2.88. The molecule has 4 nitrogen and oxygen atoms in total. The van der Waals surface area contributed by atoms with Crippen molar-refractivity contribution < 1.29 is 18.3 Å². The molecule has 2 rings (SSSR count). The Morgan fingerprint density at radius 2 is 1.79 bits per heavy atom. The number of alkyl halides is 2. The molecular formula is C17H25ClF2N2O2. The van der Waals surface area contributed by atoms with Gasteiger partial charge in [0, 0.05) is 19.1 Å². The summed E-state index contributed by atoms with van der Waals surface area (Å²) in [6.07, 6.45) is 7.47. The number of ether oxygens (including phenoxy) is 1. The van der Waals surface area contributed by atoms with Crippen LogP contribution in [-0.2, 0) is 0 Å². The smallest absolute Gasteiger partial charge is 0.387 e. The largest absolute Gasteiger partial charge is 0.434 e. The zero-order valence-corrected chi connectivity index (χ0v) is 14.4. The molecule has 7 heteroatoms. The third-order valence-corrected chi connectivity index (χ3v) is 4.05. The average molecular weight is 363 g/mol. The molecule has 1 aromatic carbocycles. The van der Waals surface area contributed by atoms with Crippen LogP contribution in [0.4, 0.5) is 8.78 Å². The molecule has 1 aliphatic rings. The molecule has 0 bridgehead atoms. The third kappa shape index (κ3) is 7.01. The van der Waals surface area contributed by atoms with Crippen molar-refractivity contribution in [2.24, 2.45) is 0 Å². The van der Waals surface area contributed by atoms with Crippen LogP contribution in [0.25, 0.3) is 0 Å². The minimum absolute atomic E-state index is 0. The van der Waals surface area contributed by atoms with E-state index in [0.717, 1.165) is 0 Å². The first-order valence-electron chi connectivity index (χ1n) is 8.22. The predicted octanol–water partition coefficient (Wildman–Crippen LogP) is 3.75. The maximum Gasteiger partial charge on any atom is 0.387 e. The lowest BCUT2D eigenvalue weighted by molar-refractivity contribution is -0.0501. The van der Waals surface area contributed by atoms with Crippen LogP contribution in [-0.4, -0.2) is 31.7 Å². The van der Waals surface area contributed by atoms with Gasteiger partial charge in [0.25, 0.3) is 5.91 Å². The number of carbonyl (C=O) groups excluding carboxylic acids is 1. The Morgan fingerprint density at radius 3 is 2.46 bits per heavy atom. The molecule has 1 amide bonds.